The third kappa shape index (κ3) is 6.60. The number of nitro benzene ring substituents is 1. The lowest BCUT2D eigenvalue weighted by molar-refractivity contribution is -0.384. The number of ether oxygens (including phenoxy) is 2. The molecule has 1 atom stereocenters. The Balaban J connectivity index is 2.40. The van der Waals surface area contributed by atoms with Crippen LogP contribution in [-0.4, -0.2) is 29.3 Å². The van der Waals surface area contributed by atoms with E-state index in [1.54, 1.807) is 27.7 Å². The molecule has 0 heterocycles. The number of rotatable bonds is 5. The Morgan fingerprint density at radius 3 is 2.38 bits per heavy atom. The van der Waals surface area contributed by atoms with Gasteiger partial charge in [-0.2, -0.15) is 0 Å². The highest BCUT2D eigenvalue weighted by Gasteiger charge is 2.17. The van der Waals surface area contributed by atoms with Crippen LogP contribution in [-0.2, 0) is 4.74 Å². The smallest absolute Gasteiger partial charge is 0.407 e. The summed E-state index contributed by atoms with van der Waals surface area (Å²) in [5.41, 5.74) is -0.550. The van der Waals surface area contributed by atoms with Crippen LogP contribution in [0.4, 0.5) is 10.5 Å². The lowest BCUT2D eigenvalue weighted by atomic mass is 10.2. The Labute approximate surface area is 123 Å². The van der Waals surface area contributed by atoms with Gasteiger partial charge in [-0.15, -0.1) is 0 Å². The van der Waals surface area contributed by atoms with Crippen LogP contribution in [0, 0.1) is 10.1 Å². The Morgan fingerprint density at radius 1 is 1.33 bits per heavy atom. The van der Waals surface area contributed by atoms with Gasteiger partial charge in [-0.3, -0.25) is 10.1 Å². The van der Waals surface area contributed by atoms with Gasteiger partial charge in [0.25, 0.3) is 5.69 Å². The predicted octanol–water partition coefficient (Wildman–Crippen LogP) is 2.89. The molecule has 0 aliphatic carbocycles. The molecule has 0 unspecified atom stereocenters. The number of hydrogen-bond acceptors (Lipinski definition) is 5. The number of carbonyl (C=O) groups is 1. The number of alkyl carbamates (subject to hydrolysis) is 1. The summed E-state index contributed by atoms with van der Waals surface area (Å²) in [5.74, 6) is 0.499. The minimum absolute atomic E-state index is 0.00211. The lowest BCUT2D eigenvalue weighted by Gasteiger charge is -2.22. The van der Waals surface area contributed by atoms with Gasteiger partial charge < -0.3 is 14.8 Å². The highest BCUT2D eigenvalue weighted by Crippen LogP contribution is 2.17. The second-order valence-corrected chi connectivity index (χ2v) is 5.61. The van der Waals surface area contributed by atoms with E-state index in [0.29, 0.717) is 5.75 Å². The number of nitro groups is 1. The van der Waals surface area contributed by atoms with Crippen molar-refractivity contribution in [1.82, 2.24) is 5.32 Å². The van der Waals surface area contributed by atoms with Crippen molar-refractivity contribution >= 4 is 11.8 Å². The van der Waals surface area contributed by atoms with E-state index in [9.17, 15) is 14.9 Å². The average Bonchev–Trinajstić information content (AvgIpc) is 2.34. The molecule has 21 heavy (non-hydrogen) atoms. The molecule has 1 N–H and O–H groups in total. The summed E-state index contributed by atoms with van der Waals surface area (Å²) < 4.78 is 10.6. The minimum Gasteiger partial charge on any atom is -0.491 e. The van der Waals surface area contributed by atoms with Crippen molar-refractivity contribution in [3.05, 3.63) is 34.4 Å². The van der Waals surface area contributed by atoms with Gasteiger partial charge in [0.15, 0.2) is 0 Å². The van der Waals surface area contributed by atoms with Gasteiger partial charge in [0.2, 0.25) is 0 Å². The largest absolute Gasteiger partial charge is 0.491 e. The normalized spacial score (nSPS) is 12.4. The Morgan fingerprint density at radius 2 is 1.90 bits per heavy atom. The van der Waals surface area contributed by atoms with E-state index in [1.165, 1.54) is 24.3 Å². The lowest BCUT2D eigenvalue weighted by Crippen LogP contribution is -2.40. The zero-order valence-corrected chi connectivity index (χ0v) is 12.6. The molecule has 7 heteroatoms. The summed E-state index contributed by atoms with van der Waals surface area (Å²) >= 11 is 0. The molecule has 0 radical (unpaired) electrons. The summed E-state index contributed by atoms with van der Waals surface area (Å²) in [6.45, 7) is 7.35. The maximum absolute atomic E-state index is 11.5. The maximum Gasteiger partial charge on any atom is 0.407 e. The first-order valence-corrected chi connectivity index (χ1v) is 6.54. The standard InChI is InChI=1S/C14H20N2O5/c1-10(15-13(17)21-14(2,3)4)9-20-12-7-5-11(6-8-12)16(18)19/h5-8,10H,9H2,1-4H3,(H,15,17)/t10-/m0/s1. The number of amides is 1. The number of non-ortho nitro benzene ring substituents is 1. The van der Waals surface area contributed by atoms with Gasteiger partial charge in [-0.25, -0.2) is 4.79 Å². The predicted molar refractivity (Wildman–Crippen MR) is 77.4 cm³/mol. The molecule has 0 bridgehead atoms. The summed E-state index contributed by atoms with van der Waals surface area (Å²) in [7, 11) is 0. The highest BCUT2D eigenvalue weighted by molar-refractivity contribution is 5.68. The molecule has 0 saturated carbocycles. The first-order valence-electron chi connectivity index (χ1n) is 6.54. The van der Waals surface area contributed by atoms with Crippen LogP contribution >= 0.6 is 0 Å². The van der Waals surface area contributed by atoms with Crippen molar-refractivity contribution in [3.63, 3.8) is 0 Å². The molecule has 0 fully saturated rings. The monoisotopic (exact) mass is 296 g/mol. The molecule has 0 aromatic heterocycles. The molecule has 1 aromatic carbocycles. The van der Waals surface area contributed by atoms with Crippen molar-refractivity contribution in [2.75, 3.05) is 6.61 Å². The van der Waals surface area contributed by atoms with E-state index in [-0.39, 0.29) is 18.3 Å². The molecular weight excluding hydrogens is 276 g/mol. The molecule has 1 amide bonds. The fourth-order valence-corrected chi connectivity index (χ4v) is 1.44. The van der Waals surface area contributed by atoms with Crippen molar-refractivity contribution in [2.45, 2.75) is 39.3 Å². The number of nitrogens with one attached hydrogen (secondary N) is 1. The van der Waals surface area contributed by atoms with Crippen molar-refractivity contribution < 1.29 is 19.2 Å². The van der Waals surface area contributed by atoms with Crippen molar-refractivity contribution in [3.8, 4) is 5.75 Å². The van der Waals surface area contributed by atoms with E-state index in [1.807, 2.05) is 0 Å². The quantitative estimate of drug-likeness (QED) is 0.666. The molecule has 0 saturated heterocycles. The Kier molecular flexibility index (Phi) is 5.52. The summed E-state index contributed by atoms with van der Waals surface area (Å²) in [6.07, 6.45) is -0.512. The topological polar surface area (TPSA) is 90.7 Å². The van der Waals surface area contributed by atoms with Gasteiger partial charge in [0.1, 0.15) is 18.0 Å². The van der Waals surface area contributed by atoms with Gasteiger partial charge in [0.05, 0.1) is 11.0 Å². The molecule has 0 aliphatic rings. The van der Waals surface area contributed by atoms with Crippen molar-refractivity contribution in [1.29, 1.82) is 0 Å². The zero-order chi connectivity index (χ0) is 16.0. The average molecular weight is 296 g/mol. The van der Waals surface area contributed by atoms with Crippen LogP contribution in [0.3, 0.4) is 0 Å². The first-order chi connectivity index (χ1) is 9.67. The molecule has 1 rings (SSSR count). The molecule has 0 spiro atoms. The molecule has 7 nitrogen and oxygen atoms in total. The molecule has 1 aromatic rings. The summed E-state index contributed by atoms with van der Waals surface area (Å²) in [4.78, 5) is 21.6. The second kappa shape index (κ2) is 6.92. The summed E-state index contributed by atoms with van der Waals surface area (Å²) in [6, 6.07) is 5.49. The van der Waals surface area contributed by atoms with E-state index in [4.69, 9.17) is 9.47 Å². The Hall–Kier alpha value is -2.31. The fraction of sp³-hybridized carbons (Fsp3) is 0.500. The number of benzene rings is 1. The van der Waals surface area contributed by atoms with E-state index in [0.717, 1.165) is 0 Å². The molecular formula is C14H20N2O5. The molecule has 0 aliphatic heterocycles. The Bertz CT molecular complexity index is 493. The minimum atomic E-state index is -0.553. The van der Waals surface area contributed by atoms with Crippen LogP contribution in [0.25, 0.3) is 0 Å². The third-order valence-corrected chi connectivity index (χ3v) is 2.31. The number of nitrogens with zero attached hydrogens (tertiary/aromatic N) is 1. The SMILES string of the molecule is C[C@@H](COc1ccc([N+](=O)[O-])cc1)NC(=O)OC(C)(C)C. The third-order valence-electron chi connectivity index (χ3n) is 2.31. The van der Waals surface area contributed by atoms with Crippen molar-refractivity contribution in [2.24, 2.45) is 0 Å². The van der Waals surface area contributed by atoms with Crippen LogP contribution in [0.1, 0.15) is 27.7 Å². The second-order valence-electron chi connectivity index (χ2n) is 5.61. The van der Waals surface area contributed by atoms with Crippen LogP contribution in [0.5, 0.6) is 5.75 Å². The van der Waals surface area contributed by atoms with Gasteiger partial charge >= 0.3 is 6.09 Å². The summed E-state index contributed by atoms with van der Waals surface area (Å²) in [5, 5.41) is 13.2. The van der Waals surface area contributed by atoms with E-state index < -0.39 is 16.6 Å². The number of hydrogen-bond donors (Lipinski definition) is 1. The van der Waals surface area contributed by atoms with Crippen LogP contribution in [0.2, 0.25) is 0 Å². The molecule has 116 valence electrons. The van der Waals surface area contributed by atoms with Gasteiger partial charge in [-0.1, -0.05) is 0 Å². The fourth-order valence-electron chi connectivity index (χ4n) is 1.44. The van der Waals surface area contributed by atoms with E-state index in [2.05, 4.69) is 5.32 Å². The zero-order valence-electron chi connectivity index (χ0n) is 12.6. The number of carbonyl (C=O) groups excluding carboxylic acids is 1. The highest BCUT2D eigenvalue weighted by atomic mass is 16.6. The van der Waals surface area contributed by atoms with Crippen LogP contribution in [0.15, 0.2) is 24.3 Å². The van der Waals surface area contributed by atoms with E-state index >= 15 is 0 Å². The van der Waals surface area contributed by atoms with Crippen LogP contribution < -0.4 is 10.1 Å². The first kappa shape index (κ1) is 16.7. The van der Waals surface area contributed by atoms with Gasteiger partial charge in [0, 0.05) is 12.1 Å². The van der Waals surface area contributed by atoms with Gasteiger partial charge in [-0.05, 0) is 39.8 Å². The maximum atomic E-state index is 11.5.